The van der Waals surface area contributed by atoms with Crippen LogP contribution in [0.25, 0.3) is 0 Å². The lowest BCUT2D eigenvalue weighted by Gasteiger charge is -2.13. The van der Waals surface area contributed by atoms with Crippen molar-refractivity contribution in [3.63, 3.8) is 0 Å². The van der Waals surface area contributed by atoms with Gasteiger partial charge in [-0.25, -0.2) is 0 Å². The summed E-state index contributed by atoms with van der Waals surface area (Å²) in [6.45, 7) is 1.46. The highest BCUT2D eigenvalue weighted by atomic mass is 35.5. The first kappa shape index (κ1) is 14.5. The van der Waals surface area contributed by atoms with Crippen molar-refractivity contribution in [1.82, 2.24) is 14.7 Å². The molecule has 1 aromatic rings. The van der Waals surface area contributed by atoms with E-state index in [-0.39, 0.29) is 11.8 Å². The summed E-state index contributed by atoms with van der Waals surface area (Å²) in [6, 6.07) is -0.0410. The van der Waals surface area contributed by atoms with Gasteiger partial charge in [0.05, 0.1) is 17.8 Å². The molecule has 1 fully saturated rings. The van der Waals surface area contributed by atoms with E-state index < -0.39 is 0 Å². The number of carbonyl (C=O) groups excluding carboxylic acids is 1. The van der Waals surface area contributed by atoms with Crippen LogP contribution in [0, 0.1) is 5.92 Å². The Morgan fingerprint density at radius 2 is 2.32 bits per heavy atom. The zero-order valence-corrected chi connectivity index (χ0v) is 12.2. The third kappa shape index (κ3) is 3.78. The maximum atomic E-state index is 12.3. The normalized spacial score (nSPS) is 16.9. The van der Waals surface area contributed by atoms with E-state index in [1.807, 2.05) is 19.0 Å². The van der Waals surface area contributed by atoms with Crippen LogP contribution in [0.5, 0.6) is 0 Å². The number of likely N-dealkylation sites (N-methyl/N-ethyl adjacent to an activating group) is 1. The number of Topliss-reactive ketones (excluding diaryl/α,β-unsaturated/α-hetero) is 1. The molecule has 0 aliphatic heterocycles. The van der Waals surface area contributed by atoms with E-state index >= 15 is 0 Å². The van der Waals surface area contributed by atoms with Gasteiger partial charge in [0, 0.05) is 19.0 Å². The second-order valence-electron chi connectivity index (χ2n) is 5.50. The van der Waals surface area contributed by atoms with E-state index in [2.05, 4.69) is 5.10 Å². The lowest BCUT2D eigenvalue weighted by Crippen LogP contribution is -2.28. The zero-order chi connectivity index (χ0) is 14.0. The van der Waals surface area contributed by atoms with Crippen molar-refractivity contribution >= 4 is 17.4 Å². The molecule has 2 N–H and O–H groups in total. The Hall–Kier alpha value is -0.910. The molecule has 1 unspecified atom stereocenters. The summed E-state index contributed by atoms with van der Waals surface area (Å²) < 4.78 is 1.68. The van der Waals surface area contributed by atoms with Crippen molar-refractivity contribution in [2.45, 2.75) is 31.8 Å². The average molecular weight is 285 g/mol. The molecule has 106 valence electrons. The minimum absolute atomic E-state index is 0.000608. The lowest BCUT2D eigenvalue weighted by atomic mass is 10.1. The monoisotopic (exact) mass is 284 g/mol. The van der Waals surface area contributed by atoms with Gasteiger partial charge in [0.25, 0.3) is 0 Å². The molecule has 1 aromatic heterocycles. The van der Waals surface area contributed by atoms with Crippen LogP contribution in [0.2, 0.25) is 5.02 Å². The molecule has 6 heteroatoms. The number of nitrogens with zero attached hydrogens (tertiary/aromatic N) is 3. The molecule has 2 rings (SSSR count). The number of aromatic nitrogens is 2. The number of nitrogens with two attached hydrogens (primary N) is 1. The topological polar surface area (TPSA) is 64.2 Å². The van der Waals surface area contributed by atoms with Crippen LogP contribution < -0.4 is 5.73 Å². The predicted octanol–water partition coefficient (Wildman–Crippen LogP) is 1.41. The highest BCUT2D eigenvalue weighted by Gasteiger charge is 2.31. The lowest BCUT2D eigenvalue weighted by molar-refractivity contribution is 0.0960. The predicted molar refractivity (Wildman–Crippen MR) is 75.4 cm³/mol. The van der Waals surface area contributed by atoms with Crippen LogP contribution >= 0.6 is 11.6 Å². The van der Waals surface area contributed by atoms with E-state index in [0.717, 1.165) is 19.4 Å². The molecule has 0 saturated heterocycles. The Kier molecular flexibility index (Phi) is 4.60. The van der Waals surface area contributed by atoms with Gasteiger partial charge in [-0.1, -0.05) is 11.6 Å². The van der Waals surface area contributed by atoms with Gasteiger partial charge >= 0.3 is 0 Å². The summed E-state index contributed by atoms with van der Waals surface area (Å²) in [5.74, 6) is 0.515. The van der Waals surface area contributed by atoms with Gasteiger partial charge < -0.3 is 10.6 Å². The Morgan fingerprint density at radius 3 is 2.89 bits per heavy atom. The standard InChI is InChI=1S/C13H21ClN4O/c1-17(2)5-6-18-13(10(14)8-16-18)12(19)7-11(15)9-3-4-9/h8-9,11H,3-7,15H2,1-2H3. The first-order valence-electron chi connectivity index (χ1n) is 6.64. The van der Waals surface area contributed by atoms with Gasteiger partial charge in [0.2, 0.25) is 0 Å². The summed E-state index contributed by atoms with van der Waals surface area (Å²) in [6.07, 6.45) is 4.18. The van der Waals surface area contributed by atoms with Gasteiger partial charge in [-0.2, -0.15) is 5.10 Å². The molecule has 1 heterocycles. The Bertz CT molecular complexity index is 453. The van der Waals surface area contributed by atoms with Gasteiger partial charge in [-0.15, -0.1) is 0 Å². The summed E-state index contributed by atoms with van der Waals surface area (Å²) in [4.78, 5) is 14.3. The molecular weight excluding hydrogens is 264 g/mol. The zero-order valence-electron chi connectivity index (χ0n) is 11.5. The number of halogens is 1. The molecule has 19 heavy (non-hydrogen) atoms. The fraction of sp³-hybridized carbons (Fsp3) is 0.692. The van der Waals surface area contributed by atoms with Crippen LogP contribution in [-0.2, 0) is 6.54 Å². The quantitative estimate of drug-likeness (QED) is 0.769. The summed E-state index contributed by atoms with van der Waals surface area (Å²) in [5.41, 5.74) is 6.51. The molecule has 0 spiro atoms. The van der Waals surface area contributed by atoms with Gasteiger partial charge in [-0.3, -0.25) is 9.48 Å². The highest BCUT2D eigenvalue weighted by Crippen LogP contribution is 2.33. The molecule has 0 aromatic carbocycles. The number of rotatable bonds is 7. The second kappa shape index (κ2) is 6.03. The number of ketones is 1. The Labute approximate surface area is 118 Å². The fourth-order valence-corrected chi connectivity index (χ4v) is 2.35. The molecule has 0 radical (unpaired) electrons. The van der Waals surface area contributed by atoms with Crippen LogP contribution in [0.15, 0.2) is 6.20 Å². The first-order valence-corrected chi connectivity index (χ1v) is 7.01. The Balaban J connectivity index is 2.04. The molecule has 0 bridgehead atoms. The van der Waals surface area contributed by atoms with Crippen LogP contribution in [0.1, 0.15) is 29.8 Å². The number of hydrogen-bond acceptors (Lipinski definition) is 4. The maximum Gasteiger partial charge on any atom is 0.183 e. The minimum atomic E-state index is -0.0410. The van der Waals surface area contributed by atoms with Crippen molar-refractivity contribution in [3.8, 4) is 0 Å². The average Bonchev–Trinajstić information content (AvgIpc) is 3.11. The van der Waals surface area contributed by atoms with Crippen molar-refractivity contribution in [2.24, 2.45) is 11.7 Å². The summed E-state index contributed by atoms with van der Waals surface area (Å²) in [5, 5.41) is 4.60. The van der Waals surface area contributed by atoms with Crippen molar-refractivity contribution in [2.75, 3.05) is 20.6 Å². The van der Waals surface area contributed by atoms with E-state index in [1.54, 1.807) is 4.68 Å². The smallest absolute Gasteiger partial charge is 0.183 e. The van der Waals surface area contributed by atoms with Crippen molar-refractivity contribution in [1.29, 1.82) is 0 Å². The molecule has 0 amide bonds. The molecule has 1 aliphatic carbocycles. The maximum absolute atomic E-state index is 12.3. The van der Waals surface area contributed by atoms with Crippen LogP contribution in [0.3, 0.4) is 0 Å². The summed E-state index contributed by atoms with van der Waals surface area (Å²) in [7, 11) is 3.96. The molecule has 1 aliphatic rings. The van der Waals surface area contributed by atoms with Crippen LogP contribution in [-0.4, -0.2) is 47.1 Å². The first-order chi connectivity index (χ1) is 8.99. The number of carbonyl (C=O) groups is 1. The minimum Gasteiger partial charge on any atom is -0.327 e. The van der Waals surface area contributed by atoms with Crippen molar-refractivity contribution < 1.29 is 4.79 Å². The Morgan fingerprint density at radius 1 is 1.63 bits per heavy atom. The fourth-order valence-electron chi connectivity index (χ4n) is 2.11. The largest absolute Gasteiger partial charge is 0.327 e. The SMILES string of the molecule is CN(C)CCn1ncc(Cl)c1C(=O)CC(N)C1CC1. The van der Waals surface area contributed by atoms with Crippen molar-refractivity contribution in [3.05, 3.63) is 16.9 Å². The van der Waals surface area contributed by atoms with E-state index in [9.17, 15) is 4.79 Å². The third-order valence-electron chi connectivity index (χ3n) is 3.47. The van der Waals surface area contributed by atoms with Gasteiger partial charge in [0.1, 0.15) is 5.69 Å². The van der Waals surface area contributed by atoms with E-state index in [4.69, 9.17) is 17.3 Å². The molecular formula is C13H21ClN4O. The summed E-state index contributed by atoms with van der Waals surface area (Å²) >= 11 is 6.08. The number of hydrogen-bond donors (Lipinski definition) is 1. The van der Waals surface area contributed by atoms with E-state index in [0.29, 0.717) is 29.6 Å². The molecule has 1 atom stereocenters. The van der Waals surface area contributed by atoms with E-state index in [1.165, 1.54) is 6.20 Å². The third-order valence-corrected chi connectivity index (χ3v) is 3.74. The highest BCUT2D eigenvalue weighted by molar-refractivity contribution is 6.33. The van der Waals surface area contributed by atoms with Gasteiger partial charge in [-0.05, 0) is 32.9 Å². The van der Waals surface area contributed by atoms with Crippen LogP contribution in [0.4, 0.5) is 0 Å². The molecule has 1 saturated carbocycles. The van der Waals surface area contributed by atoms with Gasteiger partial charge in [0.15, 0.2) is 5.78 Å². The second-order valence-corrected chi connectivity index (χ2v) is 5.90. The molecule has 5 nitrogen and oxygen atoms in total.